The maximum Gasteiger partial charge on any atom is 0.333 e. The molecule has 0 spiro atoms. The van der Waals surface area contributed by atoms with Gasteiger partial charge in [0.15, 0.2) is 0 Å². The van der Waals surface area contributed by atoms with Crippen molar-refractivity contribution in [3.63, 3.8) is 0 Å². The van der Waals surface area contributed by atoms with Crippen LogP contribution in [-0.4, -0.2) is 68.2 Å². The lowest BCUT2D eigenvalue weighted by atomic mass is 10.2. The van der Waals surface area contributed by atoms with Gasteiger partial charge in [-0.15, -0.1) is 0 Å². The number of hydrogen-bond donors (Lipinski definition) is 0. The predicted molar refractivity (Wildman–Crippen MR) is 147 cm³/mol. The molecule has 0 aliphatic heterocycles. The molecule has 0 fully saturated rings. The zero-order valence-electron chi connectivity index (χ0n) is 24.7. The van der Waals surface area contributed by atoms with Gasteiger partial charge in [0.25, 0.3) is 0 Å². The molecule has 0 aliphatic rings. The van der Waals surface area contributed by atoms with Crippen LogP contribution >= 0.6 is 15.9 Å². The second kappa shape index (κ2) is 43.6. The molecule has 0 aliphatic carbocycles. The third-order valence-corrected chi connectivity index (χ3v) is 3.30. The van der Waals surface area contributed by atoms with Crippen LogP contribution < -0.4 is 41.0 Å². The highest BCUT2D eigenvalue weighted by Crippen LogP contribution is 1.94. The highest BCUT2D eigenvalue weighted by atomic mass is 127. The molecule has 39 heavy (non-hydrogen) atoms. The first-order valence-electron chi connectivity index (χ1n) is 11.9. The summed E-state index contributed by atoms with van der Waals surface area (Å²) >= 11 is 2.94. The number of esters is 5. The Balaban J connectivity index is -0.0000000649. The summed E-state index contributed by atoms with van der Waals surface area (Å²) in [7, 11) is 0. The Bertz CT molecular complexity index is 624. The lowest BCUT2D eigenvalue weighted by Gasteiger charge is -2.01. The van der Waals surface area contributed by atoms with Gasteiger partial charge in [-0.2, -0.15) is 0 Å². The van der Waals surface area contributed by atoms with E-state index in [1.165, 1.54) is 0 Å². The Labute approximate surface area is 270 Å². The topological polar surface area (TPSA) is 132 Å². The van der Waals surface area contributed by atoms with Gasteiger partial charge in [-0.1, -0.05) is 49.9 Å². The number of carbonyl (C=O) groups is 5. The minimum Gasteiger partial charge on any atom is -1.00 e. The number of carbonyl (C=O) groups excluding carboxylic acids is 5. The summed E-state index contributed by atoms with van der Waals surface area (Å²) in [6.07, 6.45) is 1.62. The lowest BCUT2D eigenvalue weighted by molar-refractivity contribution is -0.147. The first-order chi connectivity index (χ1) is 17.3. The smallest absolute Gasteiger partial charge is 0.333 e. The van der Waals surface area contributed by atoms with Gasteiger partial charge in [0, 0.05) is 18.1 Å². The second-order valence-corrected chi connectivity index (χ2v) is 7.02. The normalized spacial score (nSPS) is 7.97. The molecule has 0 bridgehead atoms. The Morgan fingerprint density at radius 2 is 1.13 bits per heavy atom. The number of hydrogen-bond acceptors (Lipinski definition) is 10. The van der Waals surface area contributed by atoms with Crippen molar-refractivity contribution in [2.75, 3.05) is 38.4 Å². The summed E-state index contributed by atoms with van der Waals surface area (Å²) in [5.41, 5.74) is 0.451. The molecule has 0 saturated carbocycles. The highest BCUT2D eigenvalue weighted by molar-refractivity contribution is 9.09. The van der Waals surface area contributed by atoms with Crippen LogP contribution in [0.15, 0.2) is 24.8 Å². The fraction of sp³-hybridized carbons (Fsp3) is 0.654. The van der Waals surface area contributed by atoms with Gasteiger partial charge in [-0.3, -0.25) is 14.4 Å². The lowest BCUT2D eigenvalue weighted by Crippen LogP contribution is -3.00. The summed E-state index contributed by atoms with van der Waals surface area (Å²) in [4.78, 5) is 51.3. The maximum atomic E-state index is 10.5. The molecule has 0 heterocycles. The van der Waals surface area contributed by atoms with E-state index < -0.39 is 0 Å². The molecule has 13 heteroatoms. The van der Waals surface area contributed by atoms with E-state index in [9.17, 15) is 24.0 Å². The molecule has 0 aromatic rings. The van der Waals surface area contributed by atoms with Crippen molar-refractivity contribution in [3.8, 4) is 0 Å². The SMILES string of the molecule is C=C(C)C(=O)OCC.C=CC(=O)OCC.CCOC(=O)C(C)C.CCOC(=O)CBr.CCOC(=O)CC.[Br-].[I-]. The monoisotopic (exact) mass is 804 g/mol. The predicted octanol–water partition coefficient (Wildman–Crippen LogP) is -1.02. The number of halogens is 3. The Hall–Kier alpha value is -1.48. The van der Waals surface area contributed by atoms with Gasteiger partial charge in [0.05, 0.1) is 39.0 Å². The Kier molecular flexibility index (Phi) is 60.0. The van der Waals surface area contributed by atoms with Crippen LogP contribution in [0.2, 0.25) is 0 Å². The summed E-state index contributed by atoms with van der Waals surface area (Å²) in [5.74, 6) is -1.11. The highest BCUT2D eigenvalue weighted by Gasteiger charge is 2.05. The first kappa shape index (κ1) is 53.7. The van der Waals surface area contributed by atoms with Crippen molar-refractivity contribution in [1.29, 1.82) is 0 Å². The average Bonchev–Trinajstić information content (AvgIpc) is 2.86. The van der Waals surface area contributed by atoms with Crippen LogP contribution in [0.4, 0.5) is 0 Å². The molecule has 10 nitrogen and oxygen atoms in total. The summed E-state index contributed by atoms with van der Waals surface area (Å²) in [6, 6.07) is 0. The van der Waals surface area contributed by atoms with E-state index in [1.807, 2.05) is 13.8 Å². The molecule has 0 saturated heterocycles. The third-order valence-electron chi connectivity index (χ3n) is 2.84. The van der Waals surface area contributed by atoms with Crippen LogP contribution in [0.3, 0.4) is 0 Å². The molecule has 0 aromatic heterocycles. The van der Waals surface area contributed by atoms with Gasteiger partial charge < -0.3 is 64.6 Å². The Morgan fingerprint density at radius 1 is 0.744 bits per heavy atom. The van der Waals surface area contributed by atoms with E-state index in [2.05, 4.69) is 52.8 Å². The zero-order valence-corrected chi connectivity index (χ0v) is 30.1. The maximum absolute atomic E-state index is 10.5. The Morgan fingerprint density at radius 3 is 1.26 bits per heavy atom. The molecule has 0 atom stereocenters. The van der Waals surface area contributed by atoms with Gasteiger partial charge in [-0.05, 0) is 41.5 Å². The van der Waals surface area contributed by atoms with E-state index in [4.69, 9.17) is 0 Å². The minimum atomic E-state index is -0.359. The van der Waals surface area contributed by atoms with Crippen LogP contribution in [0, 0.1) is 5.92 Å². The second-order valence-electron chi connectivity index (χ2n) is 6.46. The van der Waals surface area contributed by atoms with Gasteiger partial charge in [0.2, 0.25) is 0 Å². The molecule has 0 radical (unpaired) electrons. The molecule has 234 valence electrons. The number of alkyl halides is 1. The van der Waals surface area contributed by atoms with E-state index >= 15 is 0 Å². The van der Waals surface area contributed by atoms with Crippen molar-refractivity contribution < 1.29 is 88.6 Å². The molecule has 0 rings (SSSR count). The molecular weight excluding hydrogens is 759 g/mol. The fourth-order valence-corrected chi connectivity index (χ4v) is 1.39. The summed E-state index contributed by atoms with van der Waals surface area (Å²) < 4.78 is 22.7. The largest absolute Gasteiger partial charge is 1.00 e. The van der Waals surface area contributed by atoms with Gasteiger partial charge in [0.1, 0.15) is 5.33 Å². The first-order valence-corrected chi connectivity index (χ1v) is 13.1. The van der Waals surface area contributed by atoms with Crippen LogP contribution in [0.1, 0.15) is 68.7 Å². The van der Waals surface area contributed by atoms with E-state index in [0.717, 1.165) is 6.08 Å². The van der Waals surface area contributed by atoms with Crippen molar-refractivity contribution in [2.45, 2.75) is 68.7 Å². The molecule has 0 amide bonds. The minimum absolute atomic E-state index is 0. The zero-order chi connectivity index (χ0) is 30.2. The van der Waals surface area contributed by atoms with Crippen molar-refractivity contribution in [3.05, 3.63) is 24.8 Å². The van der Waals surface area contributed by atoms with Crippen LogP contribution in [-0.2, 0) is 47.7 Å². The molecule has 0 unspecified atom stereocenters. The van der Waals surface area contributed by atoms with Crippen molar-refractivity contribution in [1.82, 2.24) is 0 Å². The fourth-order valence-electron chi connectivity index (χ4n) is 1.23. The van der Waals surface area contributed by atoms with Crippen molar-refractivity contribution in [2.24, 2.45) is 5.92 Å². The van der Waals surface area contributed by atoms with Crippen LogP contribution in [0.25, 0.3) is 0 Å². The van der Waals surface area contributed by atoms with E-state index in [1.54, 1.807) is 48.5 Å². The summed E-state index contributed by atoms with van der Waals surface area (Å²) in [6.45, 7) is 24.8. The summed E-state index contributed by atoms with van der Waals surface area (Å²) in [5, 5.41) is 0.292. The number of ether oxygens (including phenoxy) is 5. The van der Waals surface area contributed by atoms with Gasteiger partial charge in [-0.25, -0.2) is 9.59 Å². The van der Waals surface area contributed by atoms with E-state index in [0.29, 0.717) is 50.4 Å². The van der Waals surface area contributed by atoms with Crippen molar-refractivity contribution >= 4 is 45.8 Å². The standard InChI is InChI=1S/C6H12O2.C6H10O2.C5H10O2.C5H8O2.C4H7BrO2.BrH.HI/c2*1-4-8-6(7)5(2)3;2*1-3-5(6)7-4-2;1-2-7-4(6)3-5;;/h5H,4H2,1-3H3;2,4H2,1,3H3;3-4H2,1-2H3;3H,1,4H2,2H3;2-3H2,1H3;2*1H/p-2. The average molecular weight is 806 g/mol. The van der Waals surface area contributed by atoms with E-state index in [-0.39, 0.29) is 76.7 Å². The van der Waals surface area contributed by atoms with Gasteiger partial charge >= 0.3 is 29.8 Å². The molecule has 0 N–H and O–H groups in total. The van der Waals surface area contributed by atoms with Crippen LogP contribution in [0.5, 0.6) is 0 Å². The molecule has 0 aromatic carbocycles. The molecular formula is C26H47Br2IO10-2. The quantitative estimate of drug-likeness (QED) is 0.0890. The third kappa shape index (κ3) is 57.5. The number of rotatable bonds is 10.